The van der Waals surface area contributed by atoms with Gasteiger partial charge in [-0.1, -0.05) is 97.4 Å². The van der Waals surface area contributed by atoms with E-state index in [-0.39, 0.29) is 29.4 Å². The highest BCUT2D eigenvalue weighted by Gasteiger charge is 2.27. The van der Waals surface area contributed by atoms with Crippen LogP contribution in [-0.4, -0.2) is 62.8 Å². The van der Waals surface area contributed by atoms with E-state index >= 15 is 0 Å². The Morgan fingerprint density at radius 3 is 1.56 bits per heavy atom. The molecule has 0 N–H and O–H groups in total. The van der Waals surface area contributed by atoms with Crippen molar-refractivity contribution in [2.45, 2.75) is 156 Å². The molecule has 1 unspecified atom stereocenters. The highest BCUT2D eigenvalue weighted by Crippen LogP contribution is 2.30. The summed E-state index contributed by atoms with van der Waals surface area (Å²) in [5, 5.41) is 0. The molecular weight excluding hydrogens is 566 g/mol. The molecule has 0 fully saturated rings. The van der Waals surface area contributed by atoms with Gasteiger partial charge in [0, 0.05) is 19.4 Å². The van der Waals surface area contributed by atoms with E-state index in [1.54, 1.807) is 0 Å². The average molecular weight is 636 g/mol. The molecule has 0 rings (SSSR count). The first-order chi connectivity index (χ1) is 21.5. The Balaban J connectivity index is 4.55. The number of hydrogen-bond donors (Lipinski definition) is 0. The van der Waals surface area contributed by atoms with Crippen LogP contribution in [0.4, 0.5) is 0 Å². The summed E-state index contributed by atoms with van der Waals surface area (Å²) in [5.74, 6) is 0.183. The molecule has 7 heteroatoms. The van der Waals surface area contributed by atoms with Crippen LogP contribution >= 0.6 is 0 Å². The Morgan fingerprint density at radius 1 is 0.667 bits per heavy atom. The summed E-state index contributed by atoms with van der Waals surface area (Å²) in [6.07, 6.45) is 23.8. The lowest BCUT2D eigenvalue weighted by molar-refractivity contribution is -0.152. The third kappa shape index (κ3) is 29.0. The van der Waals surface area contributed by atoms with Crippen LogP contribution in [0.1, 0.15) is 150 Å². The first-order valence-electron chi connectivity index (χ1n) is 17.9. The smallest absolute Gasteiger partial charge is 0.306 e. The average Bonchev–Trinajstić information content (AvgIpc) is 2.95. The van der Waals surface area contributed by atoms with E-state index in [0.717, 1.165) is 103 Å². The number of ether oxygens (including phenoxy) is 3. The van der Waals surface area contributed by atoms with E-state index in [0.29, 0.717) is 38.4 Å². The van der Waals surface area contributed by atoms with Crippen molar-refractivity contribution < 1.29 is 28.6 Å². The molecule has 0 aromatic rings. The number of hydrogen-bond acceptors (Lipinski definition) is 7. The van der Waals surface area contributed by atoms with Crippen molar-refractivity contribution in [3.05, 3.63) is 24.3 Å². The minimum Gasteiger partial charge on any atom is -0.462 e. The van der Waals surface area contributed by atoms with Crippen molar-refractivity contribution in [3.63, 3.8) is 0 Å². The van der Waals surface area contributed by atoms with Crippen molar-refractivity contribution >= 4 is 17.9 Å². The lowest BCUT2D eigenvalue weighted by atomic mass is 9.80. The quantitative estimate of drug-likeness (QED) is 0.0350. The predicted molar refractivity (Wildman–Crippen MR) is 186 cm³/mol. The van der Waals surface area contributed by atoms with Crippen molar-refractivity contribution in [3.8, 4) is 0 Å². The molecule has 0 aromatic heterocycles. The number of allylic oxidation sites excluding steroid dienone is 2. The van der Waals surface area contributed by atoms with Gasteiger partial charge >= 0.3 is 17.9 Å². The highest BCUT2D eigenvalue weighted by molar-refractivity contribution is 5.70. The number of esters is 3. The van der Waals surface area contributed by atoms with E-state index in [1.807, 2.05) is 24.3 Å². The molecular formula is C38H69NO6. The van der Waals surface area contributed by atoms with Crippen LogP contribution in [0.2, 0.25) is 0 Å². The van der Waals surface area contributed by atoms with Crippen molar-refractivity contribution in [2.24, 2.45) is 11.3 Å². The molecule has 0 heterocycles. The van der Waals surface area contributed by atoms with Gasteiger partial charge in [-0.15, -0.1) is 0 Å². The Kier molecular flexibility index (Phi) is 26.8. The molecule has 0 aromatic carbocycles. The summed E-state index contributed by atoms with van der Waals surface area (Å²) in [6.45, 7) is 12.4. The van der Waals surface area contributed by atoms with Gasteiger partial charge in [0.1, 0.15) is 19.3 Å². The summed E-state index contributed by atoms with van der Waals surface area (Å²) in [5.41, 5.74) is -0.0993. The molecule has 1 atom stereocenters. The third-order valence-corrected chi connectivity index (χ3v) is 7.80. The third-order valence-electron chi connectivity index (χ3n) is 7.80. The molecule has 0 saturated carbocycles. The number of rotatable bonds is 29. The molecule has 262 valence electrons. The minimum atomic E-state index is -0.124. The highest BCUT2D eigenvalue weighted by atomic mass is 16.5. The molecule has 0 radical (unpaired) electrons. The molecule has 0 aliphatic carbocycles. The summed E-state index contributed by atoms with van der Waals surface area (Å²) in [6, 6.07) is 0. The lowest BCUT2D eigenvalue weighted by Gasteiger charge is -2.29. The van der Waals surface area contributed by atoms with Crippen LogP contribution in [0.15, 0.2) is 24.3 Å². The molecule has 0 spiro atoms. The molecule has 0 aliphatic rings. The van der Waals surface area contributed by atoms with Crippen molar-refractivity contribution in [1.82, 2.24) is 4.90 Å². The normalized spacial score (nSPS) is 12.8. The second kappa shape index (κ2) is 28.1. The molecule has 0 saturated heterocycles. The Morgan fingerprint density at radius 2 is 1.11 bits per heavy atom. The number of carbonyl (C=O) groups is 3. The fourth-order valence-corrected chi connectivity index (χ4v) is 5.82. The van der Waals surface area contributed by atoms with Crippen molar-refractivity contribution in [2.75, 3.05) is 33.9 Å². The summed E-state index contributed by atoms with van der Waals surface area (Å²) in [4.78, 5) is 38.9. The summed E-state index contributed by atoms with van der Waals surface area (Å²) >= 11 is 0. The Hall–Kier alpha value is -2.15. The Bertz CT molecular complexity index is 775. The fourth-order valence-electron chi connectivity index (χ4n) is 5.82. The van der Waals surface area contributed by atoms with E-state index in [1.165, 1.54) is 0 Å². The maximum Gasteiger partial charge on any atom is 0.306 e. The summed E-state index contributed by atoms with van der Waals surface area (Å²) in [7, 11) is 4.18. The zero-order valence-electron chi connectivity index (χ0n) is 30.2. The summed E-state index contributed by atoms with van der Waals surface area (Å²) < 4.78 is 16.5. The second-order valence-electron chi connectivity index (χ2n) is 13.8. The minimum absolute atomic E-state index is 0.0511. The van der Waals surface area contributed by atoms with Gasteiger partial charge in [0.25, 0.3) is 0 Å². The van der Waals surface area contributed by atoms with E-state index in [4.69, 9.17) is 14.2 Å². The first kappa shape index (κ1) is 42.9. The molecule has 0 amide bonds. The van der Waals surface area contributed by atoms with Gasteiger partial charge in [-0.3, -0.25) is 14.4 Å². The van der Waals surface area contributed by atoms with Gasteiger partial charge in [0.15, 0.2) is 0 Å². The topological polar surface area (TPSA) is 82.1 Å². The predicted octanol–water partition coefficient (Wildman–Crippen LogP) is 9.38. The molecule has 45 heavy (non-hydrogen) atoms. The van der Waals surface area contributed by atoms with E-state index < -0.39 is 0 Å². The van der Waals surface area contributed by atoms with E-state index in [9.17, 15) is 14.4 Å². The number of carbonyl (C=O) groups excluding carboxylic acids is 3. The van der Waals surface area contributed by atoms with Crippen LogP contribution in [-0.2, 0) is 28.6 Å². The number of unbranched alkanes of at least 4 members (excludes halogenated alkanes) is 8. The zero-order valence-corrected chi connectivity index (χ0v) is 30.2. The molecule has 0 aliphatic heterocycles. The fraction of sp³-hybridized carbons (Fsp3) is 0.816. The Labute approximate surface area is 276 Å². The standard InChI is InChI=1S/C38H69NO6/c1-8-10-22-28-43-35(40)26-20-16-12-14-18-24-34(45-37(42)31-38(4,5)30-33(3)32-39(6)7)25-19-15-13-17-21-27-36(41)44-29-23-11-9-2/h10-11,22-23,33-34H,8-9,12-21,24-32H2,1-7H3/b22-10-,23-11-. The van der Waals surface area contributed by atoms with Crippen LogP contribution in [0.3, 0.4) is 0 Å². The van der Waals surface area contributed by atoms with Gasteiger partial charge in [0.2, 0.25) is 0 Å². The van der Waals surface area contributed by atoms with Gasteiger partial charge in [-0.05, 0) is 83.2 Å². The van der Waals surface area contributed by atoms with Crippen LogP contribution in [0.25, 0.3) is 0 Å². The molecule has 0 bridgehead atoms. The van der Waals surface area contributed by atoms with Gasteiger partial charge in [-0.2, -0.15) is 0 Å². The van der Waals surface area contributed by atoms with E-state index in [2.05, 4.69) is 53.6 Å². The van der Waals surface area contributed by atoms with Crippen LogP contribution < -0.4 is 0 Å². The van der Waals surface area contributed by atoms with Gasteiger partial charge in [-0.25, -0.2) is 0 Å². The lowest BCUT2D eigenvalue weighted by Crippen LogP contribution is -2.28. The zero-order chi connectivity index (χ0) is 33.8. The van der Waals surface area contributed by atoms with Gasteiger partial charge < -0.3 is 19.1 Å². The SMILES string of the molecule is CC/C=C\COC(=O)CCCCCCCC(CCCCCCCC(=O)OC/C=C\CC)OC(=O)CC(C)(C)CC(C)CN(C)C. The van der Waals surface area contributed by atoms with Crippen LogP contribution in [0.5, 0.6) is 0 Å². The van der Waals surface area contributed by atoms with Crippen LogP contribution in [0, 0.1) is 11.3 Å². The van der Waals surface area contributed by atoms with Gasteiger partial charge in [0.05, 0.1) is 6.42 Å². The maximum atomic E-state index is 13.0. The monoisotopic (exact) mass is 636 g/mol. The maximum absolute atomic E-state index is 13.0. The number of nitrogens with zero attached hydrogens (tertiary/aromatic N) is 1. The molecule has 7 nitrogen and oxygen atoms in total. The largest absolute Gasteiger partial charge is 0.462 e. The first-order valence-corrected chi connectivity index (χ1v) is 17.9. The van der Waals surface area contributed by atoms with Crippen molar-refractivity contribution in [1.29, 1.82) is 0 Å². The second-order valence-corrected chi connectivity index (χ2v) is 13.8.